The van der Waals surface area contributed by atoms with Crippen LogP contribution in [0.5, 0.6) is 5.88 Å². The third-order valence-corrected chi connectivity index (χ3v) is 2.12. The number of carbonyl (C=O) groups is 1. The van der Waals surface area contributed by atoms with Crippen molar-refractivity contribution in [1.82, 2.24) is 4.98 Å². The first kappa shape index (κ1) is 13.0. The van der Waals surface area contributed by atoms with Gasteiger partial charge in [0.25, 0.3) is 0 Å². The third kappa shape index (κ3) is 3.49. The molecule has 4 nitrogen and oxygen atoms in total. The minimum Gasteiger partial charge on any atom is -0.478 e. The number of aromatic carboxylic acids is 1. The molecule has 17 heavy (non-hydrogen) atoms. The van der Waals surface area contributed by atoms with Gasteiger partial charge in [0.2, 0.25) is 5.88 Å². The van der Waals surface area contributed by atoms with Crippen LogP contribution in [0.2, 0.25) is 0 Å². The van der Waals surface area contributed by atoms with Gasteiger partial charge in [-0.1, -0.05) is 26.7 Å². The Morgan fingerprint density at radius 2 is 2.18 bits per heavy atom. The number of rotatable bonds is 3. The lowest BCUT2D eigenvalue weighted by atomic mass is 9.91. The molecule has 1 aromatic rings. The fourth-order valence-electron chi connectivity index (χ4n) is 1.20. The zero-order chi connectivity index (χ0) is 13.1. The fraction of sp³-hybridized carbons (Fsp3) is 0.385. The lowest BCUT2D eigenvalue weighted by molar-refractivity contribution is 0.0696. The monoisotopic (exact) mass is 233 g/mol. The standard InChI is InChI=1S/C13H15NO3/c1-5-6-17-11-8-9(12(15)16)7-10(14-11)13(2,3)4/h1,7-8H,6H2,2-4H3,(H,15,16). The highest BCUT2D eigenvalue weighted by Crippen LogP contribution is 2.24. The van der Waals surface area contributed by atoms with Gasteiger partial charge in [0.05, 0.1) is 11.3 Å². The maximum absolute atomic E-state index is 11.0. The van der Waals surface area contributed by atoms with Crippen molar-refractivity contribution in [2.24, 2.45) is 0 Å². The van der Waals surface area contributed by atoms with Gasteiger partial charge in [0, 0.05) is 11.5 Å². The number of carboxylic acid groups (broad SMARTS) is 1. The van der Waals surface area contributed by atoms with Crippen molar-refractivity contribution in [2.45, 2.75) is 26.2 Å². The Morgan fingerprint density at radius 1 is 1.53 bits per heavy atom. The quantitative estimate of drug-likeness (QED) is 0.812. The van der Waals surface area contributed by atoms with Gasteiger partial charge in [-0.2, -0.15) is 0 Å². The highest BCUT2D eigenvalue weighted by atomic mass is 16.5. The van der Waals surface area contributed by atoms with E-state index < -0.39 is 5.97 Å². The van der Waals surface area contributed by atoms with E-state index in [9.17, 15) is 4.79 Å². The number of hydrogen-bond donors (Lipinski definition) is 1. The predicted octanol–water partition coefficient (Wildman–Crippen LogP) is 2.09. The number of ether oxygens (including phenoxy) is 1. The maximum Gasteiger partial charge on any atom is 0.335 e. The zero-order valence-electron chi connectivity index (χ0n) is 10.2. The average molecular weight is 233 g/mol. The SMILES string of the molecule is C#CCOc1cc(C(=O)O)cc(C(C)(C)C)n1. The van der Waals surface area contributed by atoms with E-state index in [4.69, 9.17) is 16.3 Å². The minimum absolute atomic E-state index is 0.0691. The summed E-state index contributed by atoms with van der Waals surface area (Å²) >= 11 is 0. The van der Waals surface area contributed by atoms with Crippen LogP contribution >= 0.6 is 0 Å². The van der Waals surface area contributed by atoms with E-state index in [1.165, 1.54) is 6.07 Å². The molecule has 1 aromatic heterocycles. The van der Waals surface area contributed by atoms with Gasteiger partial charge in [0.1, 0.15) is 0 Å². The van der Waals surface area contributed by atoms with Crippen LogP contribution < -0.4 is 4.74 Å². The summed E-state index contributed by atoms with van der Waals surface area (Å²) in [5, 5.41) is 9.00. The van der Waals surface area contributed by atoms with Gasteiger partial charge < -0.3 is 9.84 Å². The molecule has 0 amide bonds. The number of carboxylic acids is 1. The van der Waals surface area contributed by atoms with Gasteiger partial charge in [-0.3, -0.25) is 0 Å². The summed E-state index contributed by atoms with van der Waals surface area (Å²) in [6.07, 6.45) is 5.08. The van der Waals surface area contributed by atoms with E-state index in [0.717, 1.165) is 0 Å². The molecule has 1 rings (SSSR count). The molecule has 0 fully saturated rings. The summed E-state index contributed by atoms with van der Waals surface area (Å²) in [5.41, 5.74) is 0.557. The van der Waals surface area contributed by atoms with Crippen molar-refractivity contribution in [3.63, 3.8) is 0 Å². The summed E-state index contributed by atoms with van der Waals surface area (Å²) in [7, 11) is 0. The van der Waals surface area contributed by atoms with E-state index in [1.807, 2.05) is 20.8 Å². The molecule has 0 aromatic carbocycles. The molecule has 1 heterocycles. The Morgan fingerprint density at radius 3 is 2.65 bits per heavy atom. The largest absolute Gasteiger partial charge is 0.478 e. The first-order chi connectivity index (χ1) is 7.84. The summed E-state index contributed by atoms with van der Waals surface area (Å²) in [6, 6.07) is 2.92. The van der Waals surface area contributed by atoms with Crippen molar-refractivity contribution in [3.05, 3.63) is 23.4 Å². The predicted molar refractivity (Wildman–Crippen MR) is 64.2 cm³/mol. The van der Waals surface area contributed by atoms with Crippen LogP contribution in [0.1, 0.15) is 36.8 Å². The number of nitrogens with zero attached hydrogens (tertiary/aromatic N) is 1. The van der Waals surface area contributed by atoms with Gasteiger partial charge in [-0.25, -0.2) is 9.78 Å². The molecule has 0 aliphatic heterocycles. The Labute approximate surface area is 101 Å². The van der Waals surface area contributed by atoms with Crippen LogP contribution in [0.4, 0.5) is 0 Å². The van der Waals surface area contributed by atoms with Crippen molar-refractivity contribution in [1.29, 1.82) is 0 Å². The number of hydrogen-bond acceptors (Lipinski definition) is 3. The van der Waals surface area contributed by atoms with Crippen LogP contribution in [0.25, 0.3) is 0 Å². The molecule has 0 spiro atoms. The van der Waals surface area contributed by atoms with Crippen LogP contribution in [0.3, 0.4) is 0 Å². The zero-order valence-corrected chi connectivity index (χ0v) is 10.2. The molecule has 0 unspecified atom stereocenters. The van der Waals surface area contributed by atoms with Crippen molar-refractivity contribution < 1.29 is 14.6 Å². The lowest BCUT2D eigenvalue weighted by Crippen LogP contribution is -2.16. The van der Waals surface area contributed by atoms with Crippen molar-refractivity contribution in [3.8, 4) is 18.2 Å². The average Bonchev–Trinajstić information content (AvgIpc) is 2.24. The normalized spacial score (nSPS) is 10.7. The van der Waals surface area contributed by atoms with Gasteiger partial charge in [0.15, 0.2) is 6.61 Å². The first-order valence-corrected chi connectivity index (χ1v) is 5.16. The lowest BCUT2D eigenvalue weighted by Gasteiger charge is -2.19. The molecule has 0 aliphatic rings. The molecule has 0 saturated carbocycles. The minimum atomic E-state index is -1.01. The van der Waals surface area contributed by atoms with Gasteiger partial charge in [-0.15, -0.1) is 6.42 Å². The van der Waals surface area contributed by atoms with Crippen molar-refractivity contribution >= 4 is 5.97 Å². The van der Waals surface area contributed by atoms with Crippen LogP contribution in [0.15, 0.2) is 12.1 Å². The summed E-state index contributed by atoms with van der Waals surface area (Å²) in [6.45, 7) is 5.92. The molecular formula is C13H15NO3. The number of aromatic nitrogens is 1. The molecule has 0 radical (unpaired) electrons. The van der Waals surface area contributed by atoms with Crippen LogP contribution in [-0.2, 0) is 5.41 Å². The smallest absolute Gasteiger partial charge is 0.335 e. The summed E-state index contributed by atoms with van der Waals surface area (Å²) in [5.74, 6) is 1.55. The molecular weight excluding hydrogens is 218 g/mol. The van der Waals surface area contributed by atoms with Crippen molar-refractivity contribution in [2.75, 3.05) is 6.61 Å². The van der Waals surface area contributed by atoms with E-state index in [0.29, 0.717) is 5.69 Å². The first-order valence-electron chi connectivity index (χ1n) is 5.16. The molecule has 0 bridgehead atoms. The fourth-order valence-corrected chi connectivity index (χ4v) is 1.20. The summed E-state index contributed by atoms with van der Waals surface area (Å²) in [4.78, 5) is 15.2. The Bertz CT molecular complexity index is 467. The molecule has 4 heteroatoms. The topological polar surface area (TPSA) is 59.4 Å². The second-order valence-corrected chi connectivity index (χ2v) is 4.63. The van der Waals surface area contributed by atoms with Gasteiger partial charge in [-0.05, 0) is 6.07 Å². The maximum atomic E-state index is 11.0. The van der Waals surface area contributed by atoms with Crippen LogP contribution in [0, 0.1) is 12.3 Å². The van der Waals surface area contributed by atoms with E-state index in [1.54, 1.807) is 6.07 Å². The molecule has 0 saturated heterocycles. The summed E-state index contributed by atoms with van der Waals surface area (Å²) < 4.78 is 5.17. The van der Waals surface area contributed by atoms with E-state index >= 15 is 0 Å². The van der Waals surface area contributed by atoms with Crippen LogP contribution in [-0.4, -0.2) is 22.7 Å². The highest BCUT2D eigenvalue weighted by molar-refractivity contribution is 5.88. The van der Waals surface area contributed by atoms with E-state index in [2.05, 4.69) is 10.9 Å². The second-order valence-electron chi connectivity index (χ2n) is 4.63. The molecule has 0 aliphatic carbocycles. The number of pyridine rings is 1. The van der Waals surface area contributed by atoms with E-state index in [-0.39, 0.29) is 23.5 Å². The molecule has 90 valence electrons. The number of terminal acetylenes is 1. The molecule has 0 atom stereocenters. The molecule has 1 N–H and O–H groups in total. The van der Waals surface area contributed by atoms with Gasteiger partial charge >= 0.3 is 5.97 Å². The second kappa shape index (κ2) is 4.88. The Hall–Kier alpha value is -2.02. The highest BCUT2D eigenvalue weighted by Gasteiger charge is 2.19. The Kier molecular flexibility index (Phi) is 3.74. The third-order valence-electron chi connectivity index (χ3n) is 2.12. The Balaban J connectivity index is 3.20.